The van der Waals surface area contributed by atoms with E-state index in [9.17, 15) is 13.2 Å². The number of benzene rings is 1. The minimum atomic E-state index is -4.63. The van der Waals surface area contributed by atoms with Gasteiger partial charge in [0.2, 0.25) is 0 Å². The highest BCUT2D eigenvalue weighted by atomic mass is 19.4. The fraction of sp³-hybridized carbons (Fsp3) is 0.625. The van der Waals surface area contributed by atoms with Crippen LogP contribution in [0, 0.1) is 0 Å². The molecule has 0 aliphatic carbocycles. The summed E-state index contributed by atoms with van der Waals surface area (Å²) in [6, 6.07) is 6.66. The molecule has 21 heavy (non-hydrogen) atoms. The van der Waals surface area contributed by atoms with Crippen molar-refractivity contribution in [2.24, 2.45) is 0 Å². The van der Waals surface area contributed by atoms with Gasteiger partial charge in [-0.3, -0.25) is 0 Å². The van der Waals surface area contributed by atoms with E-state index in [1.807, 2.05) is 6.07 Å². The number of halogens is 3. The molecule has 0 heterocycles. The first-order valence-corrected chi connectivity index (χ1v) is 7.52. The zero-order chi connectivity index (χ0) is 15.7. The SMILES string of the molecule is CCCCC(CC)NCCc1cccc(OC(F)(F)F)c1. The molecule has 0 spiro atoms. The third kappa shape index (κ3) is 7.95. The molecule has 2 nitrogen and oxygen atoms in total. The van der Waals surface area contributed by atoms with Crippen molar-refractivity contribution in [1.29, 1.82) is 0 Å². The molecule has 0 aliphatic rings. The van der Waals surface area contributed by atoms with Crippen LogP contribution in [0.2, 0.25) is 0 Å². The highest BCUT2D eigenvalue weighted by Gasteiger charge is 2.31. The Hall–Kier alpha value is -1.23. The van der Waals surface area contributed by atoms with E-state index in [4.69, 9.17) is 0 Å². The zero-order valence-corrected chi connectivity index (χ0v) is 12.7. The zero-order valence-electron chi connectivity index (χ0n) is 12.7. The van der Waals surface area contributed by atoms with Gasteiger partial charge in [0.1, 0.15) is 5.75 Å². The number of unbranched alkanes of at least 4 members (excludes halogenated alkanes) is 1. The second kappa shape index (κ2) is 8.93. The summed E-state index contributed by atoms with van der Waals surface area (Å²) in [6.07, 6.45) is 0.638. The van der Waals surface area contributed by atoms with Crippen LogP contribution in [0.4, 0.5) is 13.2 Å². The lowest BCUT2D eigenvalue weighted by atomic mass is 10.1. The van der Waals surface area contributed by atoms with Gasteiger partial charge >= 0.3 is 6.36 Å². The second-order valence-electron chi connectivity index (χ2n) is 5.15. The fourth-order valence-electron chi connectivity index (χ4n) is 2.22. The Kier molecular flexibility index (Phi) is 7.57. The molecule has 1 aromatic carbocycles. The summed E-state index contributed by atoms with van der Waals surface area (Å²) >= 11 is 0. The van der Waals surface area contributed by atoms with Crippen molar-refractivity contribution in [2.45, 2.75) is 58.4 Å². The van der Waals surface area contributed by atoms with Crippen LogP contribution >= 0.6 is 0 Å². The minimum absolute atomic E-state index is 0.155. The standard InChI is InChI=1S/C16H24F3NO/c1-3-5-8-14(4-2)20-11-10-13-7-6-9-15(12-13)21-16(17,18)19/h6-7,9,12,14,20H,3-5,8,10-11H2,1-2H3. The van der Waals surface area contributed by atoms with Crippen molar-refractivity contribution < 1.29 is 17.9 Å². The average Bonchev–Trinajstić information content (AvgIpc) is 2.41. The number of hydrogen-bond donors (Lipinski definition) is 1. The van der Waals surface area contributed by atoms with E-state index in [2.05, 4.69) is 23.9 Å². The smallest absolute Gasteiger partial charge is 0.406 e. The average molecular weight is 303 g/mol. The van der Waals surface area contributed by atoms with E-state index in [-0.39, 0.29) is 5.75 Å². The van der Waals surface area contributed by atoms with E-state index >= 15 is 0 Å². The van der Waals surface area contributed by atoms with Crippen LogP contribution in [0.1, 0.15) is 45.1 Å². The van der Waals surface area contributed by atoms with Crippen LogP contribution < -0.4 is 10.1 Å². The number of rotatable bonds is 9. The molecule has 0 saturated carbocycles. The third-order valence-electron chi connectivity index (χ3n) is 3.38. The monoisotopic (exact) mass is 303 g/mol. The summed E-state index contributed by atoms with van der Waals surface area (Å²) < 4.78 is 40.4. The van der Waals surface area contributed by atoms with Crippen LogP contribution in [0.15, 0.2) is 24.3 Å². The molecule has 0 saturated heterocycles. The van der Waals surface area contributed by atoms with Gasteiger partial charge in [-0.15, -0.1) is 13.2 Å². The lowest BCUT2D eigenvalue weighted by molar-refractivity contribution is -0.274. The Morgan fingerprint density at radius 3 is 2.62 bits per heavy atom. The molecule has 1 rings (SSSR count). The van der Waals surface area contributed by atoms with E-state index in [1.165, 1.54) is 25.0 Å². The Balaban J connectivity index is 2.43. The maximum Gasteiger partial charge on any atom is 0.573 e. The van der Waals surface area contributed by atoms with E-state index in [1.54, 1.807) is 6.07 Å². The highest BCUT2D eigenvalue weighted by molar-refractivity contribution is 5.28. The van der Waals surface area contributed by atoms with Crippen LogP contribution in [0.5, 0.6) is 5.75 Å². The summed E-state index contributed by atoms with van der Waals surface area (Å²) in [5, 5.41) is 3.46. The Bertz CT molecular complexity index is 407. The normalized spacial score (nSPS) is 13.2. The van der Waals surface area contributed by atoms with E-state index in [0.29, 0.717) is 12.5 Å². The highest BCUT2D eigenvalue weighted by Crippen LogP contribution is 2.23. The number of hydrogen-bond acceptors (Lipinski definition) is 2. The number of nitrogens with one attached hydrogen (secondary N) is 1. The van der Waals surface area contributed by atoms with E-state index in [0.717, 1.165) is 24.9 Å². The van der Waals surface area contributed by atoms with Gasteiger partial charge in [0, 0.05) is 6.04 Å². The first-order chi connectivity index (χ1) is 9.94. The van der Waals surface area contributed by atoms with Crippen molar-refractivity contribution in [3.8, 4) is 5.75 Å². The molecular weight excluding hydrogens is 279 g/mol. The molecule has 1 unspecified atom stereocenters. The minimum Gasteiger partial charge on any atom is -0.406 e. The molecule has 0 fully saturated rings. The largest absolute Gasteiger partial charge is 0.573 e. The predicted octanol–water partition coefficient (Wildman–Crippen LogP) is 4.69. The van der Waals surface area contributed by atoms with Crippen LogP contribution in [-0.4, -0.2) is 18.9 Å². The topological polar surface area (TPSA) is 21.3 Å². The molecule has 0 bridgehead atoms. The van der Waals surface area contributed by atoms with Gasteiger partial charge in [-0.25, -0.2) is 0 Å². The summed E-state index contributed by atoms with van der Waals surface area (Å²) in [7, 11) is 0. The van der Waals surface area contributed by atoms with Crippen molar-refractivity contribution >= 4 is 0 Å². The summed E-state index contributed by atoms with van der Waals surface area (Å²) in [5.74, 6) is -0.155. The quantitative estimate of drug-likeness (QED) is 0.715. The van der Waals surface area contributed by atoms with Gasteiger partial charge in [-0.2, -0.15) is 0 Å². The molecule has 120 valence electrons. The first-order valence-electron chi connectivity index (χ1n) is 7.52. The van der Waals surface area contributed by atoms with E-state index < -0.39 is 6.36 Å². The van der Waals surface area contributed by atoms with Crippen LogP contribution in [-0.2, 0) is 6.42 Å². The molecule has 1 atom stereocenters. The van der Waals surface area contributed by atoms with Crippen molar-refractivity contribution in [1.82, 2.24) is 5.32 Å². The molecule has 1 aromatic rings. The first kappa shape index (κ1) is 17.8. The van der Waals surface area contributed by atoms with Crippen LogP contribution in [0.3, 0.4) is 0 Å². The summed E-state index contributed by atoms with van der Waals surface area (Å²) in [4.78, 5) is 0. The molecule has 0 aromatic heterocycles. The van der Waals surface area contributed by atoms with Gasteiger partial charge in [-0.1, -0.05) is 38.8 Å². The fourth-order valence-corrected chi connectivity index (χ4v) is 2.22. The second-order valence-corrected chi connectivity index (χ2v) is 5.15. The summed E-state index contributed by atoms with van der Waals surface area (Å²) in [5.41, 5.74) is 0.842. The van der Waals surface area contributed by atoms with Gasteiger partial charge in [-0.05, 0) is 43.5 Å². The summed E-state index contributed by atoms with van der Waals surface area (Å²) in [6.45, 7) is 5.07. The van der Waals surface area contributed by atoms with Crippen molar-refractivity contribution in [2.75, 3.05) is 6.54 Å². The molecule has 0 aliphatic heterocycles. The Labute approximate surface area is 124 Å². The molecular formula is C16H24F3NO. The molecule has 5 heteroatoms. The molecule has 0 radical (unpaired) electrons. The maximum absolute atomic E-state index is 12.2. The Morgan fingerprint density at radius 1 is 1.24 bits per heavy atom. The van der Waals surface area contributed by atoms with Gasteiger partial charge < -0.3 is 10.1 Å². The lowest BCUT2D eigenvalue weighted by Gasteiger charge is -2.16. The predicted molar refractivity (Wildman–Crippen MR) is 78.4 cm³/mol. The van der Waals surface area contributed by atoms with Crippen molar-refractivity contribution in [3.63, 3.8) is 0 Å². The van der Waals surface area contributed by atoms with Gasteiger partial charge in [0.05, 0.1) is 0 Å². The van der Waals surface area contributed by atoms with Gasteiger partial charge in [0.15, 0.2) is 0 Å². The lowest BCUT2D eigenvalue weighted by Crippen LogP contribution is -2.30. The Morgan fingerprint density at radius 2 is 2.00 bits per heavy atom. The number of alkyl halides is 3. The van der Waals surface area contributed by atoms with Crippen LogP contribution in [0.25, 0.3) is 0 Å². The third-order valence-corrected chi connectivity index (χ3v) is 3.38. The maximum atomic E-state index is 12.2. The van der Waals surface area contributed by atoms with Crippen molar-refractivity contribution in [3.05, 3.63) is 29.8 Å². The molecule has 1 N–H and O–H groups in total. The molecule has 0 amide bonds. The van der Waals surface area contributed by atoms with Gasteiger partial charge in [0.25, 0.3) is 0 Å². The number of ether oxygens (including phenoxy) is 1.